The Balaban J connectivity index is 2.02. The van der Waals surface area contributed by atoms with Crippen LogP contribution in [0.5, 0.6) is 5.75 Å². The van der Waals surface area contributed by atoms with E-state index in [4.69, 9.17) is 4.74 Å². The monoisotopic (exact) mass is 565 g/mol. The molecule has 8 nitrogen and oxygen atoms in total. The van der Waals surface area contributed by atoms with Gasteiger partial charge in [-0.2, -0.15) is 0 Å². The lowest BCUT2D eigenvalue weighted by molar-refractivity contribution is -0.139. The number of aryl methyl sites for hydroxylation is 2. The molecule has 0 saturated heterocycles. The van der Waals surface area contributed by atoms with Crippen LogP contribution in [0.2, 0.25) is 0 Å². The Labute approximate surface area is 238 Å². The summed E-state index contributed by atoms with van der Waals surface area (Å²) in [6, 6.07) is 19.7. The van der Waals surface area contributed by atoms with E-state index in [0.29, 0.717) is 18.0 Å². The minimum absolute atomic E-state index is 0.0748. The molecule has 0 aliphatic heterocycles. The van der Waals surface area contributed by atoms with Crippen molar-refractivity contribution in [3.05, 3.63) is 89.5 Å². The molecule has 3 aromatic rings. The molecule has 3 rings (SSSR count). The lowest BCUT2D eigenvalue weighted by Gasteiger charge is -2.32. The minimum Gasteiger partial charge on any atom is -0.497 e. The molecule has 0 spiro atoms. The zero-order chi connectivity index (χ0) is 29.3. The Bertz CT molecular complexity index is 1410. The van der Waals surface area contributed by atoms with Crippen LogP contribution in [0.4, 0.5) is 5.69 Å². The van der Waals surface area contributed by atoms with E-state index in [1.54, 1.807) is 56.5 Å². The molecule has 0 radical (unpaired) electrons. The number of rotatable bonds is 13. The van der Waals surface area contributed by atoms with Crippen molar-refractivity contribution in [1.82, 2.24) is 10.2 Å². The third-order valence-electron chi connectivity index (χ3n) is 6.87. The first-order valence-electron chi connectivity index (χ1n) is 13.4. The van der Waals surface area contributed by atoms with Crippen LogP contribution in [0.15, 0.2) is 77.7 Å². The molecular weight excluding hydrogens is 526 g/mol. The lowest BCUT2D eigenvalue weighted by atomic mass is 10.1. The van der Waals surface area contributed by atoms with E-state index in [2.05, 4.69) is 5.32 Å². The third kappa shape index (κ3) is 7.63. The zero-order valence-corrected chi connectivity index (χ0v) is 24.7. The van der Waals surface area contributed by atoms with Gasteiger partial charge in [0.15, 0.2) is 0 Å². The standard InChI is InChI=1S/C31H39N3O5S/c1-6-7-18-32-31(36)25(4)33(21-26-12-11-13-28(20-26)39-5)30(35)22-34(27-17-16-23(2)24(3)19-27)40(37,38)29-14-9-8-10-15-29/h8-17,19-20,25H,6-7,18,21-22H2,1-5H3,(H,32,36). The van der Waals surface area contributed by atoms with Gasteiger partial charge < -0.3 is 15.0 Å². The van der Waals surface area contributed by atoms with Gasteiger partial charge in [0, 0.05) is 13.1 Å². The van der Waals surface area contributed by atoms with Crippen LogP contribution in [-0.4, -0.2) is 51.4 Å². The van der Waals surface area contributed by atoms with Gasteiger partial charge in [-0.25, -0.2) is 8.42 Å². The number of amides is 2. The van der Waals surface area contributed by atoms with Crippen molar-refractivity contribution < 1.29 is 22.7 Å². The molecule has 1 unspecified atom stereocenters. The molecule has 0 heterocycles. The fourth-order valence-electron chi connectivity index (χ4n) is 4.22. The number of carbonyl (C=O) groups excluding carboxylic acids is 2. The second-order valence-corrected chi connectivity index (χ2v) is 11.6. The van der Waals surface area contributed by atoms with Gasteiger partial charge in [-0.3, -0.25) is 13.9 Å². The maximum Gasteiger partial charge on any atom is 0.264 e. The summed E-state index contributed by atoms with van der Waals surface area (Å²) >= 11 is 0. The second-order valence-electron chi connectivity index (χ2n) is 9.79. The Hall–Kier alpha value is -3.85. The summed E-state index contributed by atoms with van der Waals surface area (Å²) in [6.45, 7) is 7.65. The van der Waals surface area contributed by atoms with Crippen molar-refractivity contribution in [1.29, 1.82) is 0 Å². The highest BCUT2D eigenvalue weighted by Gasteiger charge is 2.32. The highest BCUT2D eigenvalue weighted by Crippen LogP contribution is 2.26. The summed E-state index contributed by atoms with van der Waals surface area (Å²) in [6.07, 6.45) is 1.74. The number of sulfonamides is 1. The second kappa shape index (κ2) is 14.0. The van der Waals surface area contributed by atoms with Crippen LogP contribution in [0.25, 0.3) is 0 Å². The first kappa shape index (κ1) is 30.7. The topological polar surface area (TPSA) is 96.0 Å². The molecule has 2 amide bonds. The first-order valence-corrected chi connectivity index (χ1v) is 14.9. The van der Waals surface area contributed by atoms with Crippen LogP contribution in [0.1, 0.15) is 43.4 Å². The highest BCUT2D eigenvalue weighted by molar-refractivity contribution is 7.92. The number of carbonyl (C=O) groups is 2. The molecule has 0 aromatic heterocycles. The Morgan fingerprint density at radius 1 is 0.950 bits per heavy atom. The third-order valence-corrected chi connectivity index (χ3v) is 8.66. The number of methoxy groups -OCH3 is 1. The molecule has 0 saturated carbocycles. The van der Waals surface area contributed by atoms with Crippen LogP contribution in [0, 0.1) is 13.8 Å². The van der Waals surface area contributed by atoms with Gasteiger partial charge in [-0.1, -0.05) is 49.7 Å². The predicted octanol–water partition coefficient (Wildman–Crippen LogP) is 4.84. The molecule has 40 heavy (non-hydrogen) atoms. The summed E-state index contributed by atoms with van der Waals surface area (Å²) in [5.74, 6) is -0.180. The van der Waals surface area contributed by atoms with Gasteiger partial charge in [0.2, 0.25) is 11.8 Å². The van der Waals surface area contributed by atoms with Crippen molar-refractivity contribution in [3.8, 4) is 5.75 Å². The van der Waals surface area contributed by atoms with Crippen LogP contribution >= 0.6 is 0 Å². The van der Waals surface area contributed by atoms with Crippen molar-refractivity contribution in [2.75, 3.05) is 24.5 Å². The molecule has 0 aliphatic rings. The van der Waals surface area contributed by atoms with Crippen molar-refractivity contribution >= 4 is 27.5 Å². The van der Waals surface area contributed by atoms with Crippen LogP contribution < -0.4 is 14.4 Å². The van der Waals surface area contributed by atoms with Crippen molar-refractivity contribution in [2.45, 2.75) is 58.0 Å². The van der Waals surface area contributed by atoms with E-state index in [1.807, 2.05) is 39.0 Å². The number of anilines is 1. The van der Waals surface area contributed by atoms with Crippen molar-refractivity contribution in [3.63, 3.8) is 0 Å². The molecule has 0 fully saturated rings. The maximum atomic E-state index is 14.0. The Morgan fingerprint density at radius 3 is 2.33 bits per heavy atom. The van der Waals surface area contributed by atoms with Gasteiger partial charge in [0.25, 0.3) is 10.0 Å². The van der Waals surface area contributed by atoms with E-state index in [-0.39, 0.29) is 17.3 Å². The quantitative estimate of drug-likeness (QED) is 0.299. The van der Waals surface area contributed by atoms with E-state index >= 15 is 0 Å². The number of hydrogen-bond acceptors (Lipinski definition) is 5. The fraction of sp³-hybridized carbons (Fsp3) is 0.355. The molecule has 3 aromatic carbocycles. The molecule has 214 valence electrons. The minimum atomic E-state index is -4.09. The van der Waals surface area contributed by atoms with Gasteiger partial charge in [-0.05, 0) is 80.3 Å². The summed E-state index contributed by atoms with van der Waals surface area (Å²) in [5, 5.41) is 2.89. The highest BCUT2D eigenvalue weighted by atomic mass is 32.2. The van der Waals surface area contributed by atoms with E-state index < -0.39 is 28.5 Å². The first-order chi connectivity index (χ1) is 19.1. The van der Waals surface area contributed by atoms with E-state index in [9.17, 15) is 18.0 Å². The molecule has 1 atom stereocenters. The summed E-state index contributed by atoms with van der Waals surface area (Å²) in [7, 11) is -2.54. The smallest absolute Gasteiger partial charge is 0.264 e. The number of hydrogen-bond donors (Lipinski definition) is 1. The number of unbranched alkanes of at least 4 members (excludes halogenated alkanes) is 1. The lowest BCUT2D eigenvalue weighted by Crippen LogP contribution is -2.51. The largest absolute Gasteiger partial charge is 0.497 e. The van der Waals surface area contributed by atoms with E-state index in [1.165, 1.54) is 17.0 Å². The van der Waals surface area contributed by atoms with Crippen LogP contribution in [0.3, 0.4) is 0 Å². The SMILES string of the molecule is CCCCNC(=O)C(C)N(Cc1cccc(OC)c1)C(=O)CN(c1ccc(C)c(C)c1)S(=O)(=O)c1ccccc1. The predicted molar refractivity (Wildman–Crippen MR) is 158 cm³/mol. The number of benzene rings is 3. The summed E-state index contributed by atoms with van der Waals surface area (Å²) < 4.78 is 34.2. The molecule has 0 bridgehead atoms. The van der Waals surface area contributed by atoms with E-state index in [0.717, 1.165) is 33.8 Å². The average Bonchev–Trinajstić information content (AvgIpc) is 2.96. The van der Waals surface area contributed by atoms with Crippen LogP contribution in [-0.2, 0) is 26.2 Å². The summed E-state index contributed by atoms with van der Waals surface area (Å²) in [5.41, 5.74) is 3.03. The zero-order valence-electron chi connectivity index (χ0n) is 23.9. The Morgan fingerprint density at radius 2 is 1.68 bits per heavy atom. The molecule has 9 heteroatoms. The molecule has 1 N–H and O–H groups in total. The Kier molecular flexibility index (Phi) is 10.7. The maximum absolute atomic E-state index is 14.0. The van der Waals surface area contributed by atoms with Gasteiger partial charge >= 0.3 is 0 Å². The van der Waals surface area contributed by atoms with Gasteiger partial charge in [0.05, 0.1) is 17.7 Å². The number of nitrogens with zero attached hydrogens (tertiary/aromatic N) is 2. The van der Waals surface area contributed by atoms with Gasteiger partial charge in [0.1, 0.15) is 18.3 Å². The van der Waals surface area contributed by atoms with Gasteiger partial charge in [-0.15, -0.1) is 0 Å². The molecular formula is C31H39N3O5S. The molecule has 0 aliphatic carbocycles. The van der Waals surface area contributed by atoms with Crippen molar-refractivity contribution in [2.24, 2.45) is 0 Å². The summed E-state index contributed by atoms with van der Waals surface area (Å²) in [4.78, 5) is 28.6. The normalized spacial score (nSPS) is 11.9. The number of nitrogens with one attached hydrogen (secondary N) is 1. The number of ether oxygens (including phenoxy) is 1. The average molecular weight is 566 g/mol. The fourth-order valence-corrected chi connectivity index (χ4v) is 5.64.